The van der Waals surface area contributed by atoms with Gasteiger partial charge in [-0.2, -0.15) is 11.3 Å². The predicted molar refractivity (Wildman–Crippen MR) is 70.1 cm³/mol. The molecule has 1 aromatic heterocycles. The third-order valence-electron chi connectivity index (χ3n) is 3.67. The standard InChI is InChI=1S/C12H18BrNS/c1-2-8-3-4-9(5-8)12(14)10-6-15-7-11(10)13/h6-9,12H,2-5,14H2,1H3. The summed E-state index contributed by atoms with van der Waals surface area (Å²) in [5, 5.41) is 4.31. The molecule has 0 amide bonds. The molecule has 1 nitrogen and oxygen atoms in total. The van der Waals surface area contributed by atoms with Crippen LogP contribution < -0.4 is 5.73 Å². The Balaban J connectivity index is 2.03. The monoisotopic (exact) mass is 287 g/mol. The van der Waals surface area contributed by atoms with Crippen LogP contribution in [0.2, 0.25) is 0 Å². The molecule has 1 aliphatic rings. The van der Waals surface area contributed by atoms with E-state index in [0.717, 1.165) is 5.92 Å². The highest BCUT2D eigenvalue weighted by Crippen LogP contribution is 2.41. The summed E-state index contributed by atoms with van der Waals surface area (Å²) in [5.74, 6) is 1.61. The maximum absolute atomic E-state index is 6.34. The summed E-state index contributed by atoms with van der Waals surface area (Å²) in [6.45, 7) is 2.29. The van der Waals surface area contributed by atoms with Crippen molar-refractivity contribution in [2.75, 3.05) is 0 Å². The third-order valence-corrected chi connectivity index (χ3v) is 5.42. The minimum absolute atomic E-state index is 0.238. The molecule has 0 bridgehead atoms. The second-order valence-corrected chi connectivity index (χ2v) is 6.15. The Bertz CT molecular complexity index is 323. The van der Waals surface area contributed by atoms with Crippen molar-refractivity contribution in [3.05, 3.63) is 20.8 Å². The Kier molecular flexibility index (Phi) is 3.86. The van der Waals surface area contributed by atoms with Crippen LogP contribution in [0.25, 0.3) is 0 Å². The number of rotatable bonds is 3. The van der Waals surface area contributed by atoms with Gasteiger partial charge in [-0.1, -0.05) is 19.8 Å². The fourth-order valence-corrected chi connectivity index (χ4v) is 4.20. The lowest BCUT2D eigenvalue weighted by atomic mass is 9.93. The molecule has 1 aromatic rings. The second kappa shape index (κ2) is 4.98. The lowest BCUT2D eigenvalue weighted by molar-refractivity contribution is 0.416. The summed E-state index contributed by atoms with van der Waals surface area (Å²) in [7, 11) is 0. The highest BCUT2D eigenvalue weighted by molar-refractivity contribution is 9.10. The molecule has 3 unspecified atom stereocenters. The molecule has 2 rings (SSSR count). The van der Waals surface area contributed by atoms with Gasteiger partial charge in [0.2, 0.25) is 0 Å². The van der Waals surface area contributed by atoms with Crippen LogP contribution in [-0.4, -0.2) is 0 Å². The van der Waals surface area contributed by atoms with Gasteiger partial charge in [0.15, 0.2) is 0 Å². The van der Waals surface area contributed by atoms with Gasteiger partial charge in [0.25, 0.3) is 0 Å². The number of thiophene rings is 1. The zero-order valence-corrected chi connectivity index (χ0v) is 11.5. The summed E-state index contributed by atoms with van der Waals surface area (Å²) in [5.41, 5.74) is 7.65. The van der Waals surface area contributed by atoms with E-state index in [9.17, 15) is 0 Å². The third kappa shape index (κ3) is 2.45. The summed E-state index contributed by atoms with van der Waals surface area (Å²) < 4.78 is 1.19. The number of halogens is 1. The molecule has 0 spiro atoms. The Morgan fingerprint density at radius 1 is 1.53 bits per heavy atom. The van der Waals surface area contributed by atoms with Crippen LogP contribution in [0.1, 0.15) is 44.2 Å². The molecule has 0 aromatic carbocycles. The van der Waals surface area contributed by atoms with Crippen LogP contribution in [0.5, 0.6) is 0 Å². The Morgan fingerprint density at radius 3 is 2.87 bits per heavy atom. The van der Waals surface area contributed by atoms with Crippen molar-refractivity contribution in [1.82, 2.24) is 0 Å². The van der Waals surface area contributed by atoms with Crippen LogP contribution in [0, 0.1) is 11.8 Å². The van der Waals surface area contributed by atoms with Crippen molar-refractivity contribution >= 4 is 27.3 Å². The topological polar surface area (TPSA) is 26.0 Å². The Morgan fingerprint density at radius 2 is 2.33 bits per heavy atom. The van der Waals surface area contributed by atoms with Crippen LogP contribution in [0.15, 0.2) is 15.2 Å². The van der Waals surface area contributed by atoms with Crippen molar-refractivity contribution < 1.29 is 0 Å². The average Bonchev–Trinajstić information content (AvgIpc) is 2.84. The lowest BCUT2D eigenvalue weighted by Crippen LogP contribution is -2.19. The summed E-state index contributed by atoms with van der Waals surface area (Å²) in [6.07, 6.45) is 5.31. The van der Waals surface area contributed by atoms with E-state index in [1.165, 1.54) is 35.7 Å². The van der Waals surface area contributed by atoms with Crippen molar-refractivity contribution in [3.63, 3.8) is 0 Å². The van der Waals surface area contributed by atoms with Gasteiger partial charge in [0.05, 0.1) is 0 Å². The first-order valence-electron chi connectivity index (χ1n) is 5.69. The molecule has 84 valence electrons. The number of hydrogen-bond donors (Lipinski definition) is 1. The predicted octanol–water partition coefficient (Wildman–Crippen LogP) is 4.34. The molecule has 1 saturated carbocycles. The Hall–Kier alpha value is 0.140. The minimum Gasteiger partial charge on any atom is -0.324 e. The SMILES string of the molecule is CCC1CCC(C(N)c2cscc2Br)C1. The highest BCUT2D eigenvalue weighted by atomic mass is 79.9. The molecule has 0 radical (unpaired) electrons. The van der Waals surface area contributed by atoms with Crippen LogP contribution in [0.4, 0.5) is 0 Å². The highest BCUT2D eigenvalue weighted by Gasteiger charge is 2.29. The normalized spacial score (nSPS) is 28.2. The number of nitrogens with two attached hydrogens (primary N) is 1. The van der Waals surface area contributed by atoms with Gasteiger partial charge >= 0.3 is 0 Å². The van der Waals surface area contributed by atoms with Crippen LogP contribution >= 0.6 is 27.3 Å². The Labute approximate surface area is 104 Å². The van der Waals surface area contributed by atoms with E-state index in [-0.39, 0.29) is 6.04 Å². The van der Waals surface area contributed by atoms with E-state index in [1.807, 2.05) is 0 Å². The van der Waals surface area contributed by atoms with Crippen molar-refractivity contribution in [1.29, 1.82) is 0 Å². The maximum atomic E-state index is 6.34. The molecular formula is C12H18BrNS. The average molecular weight is 288 g/mol. The molecule has 0 aliphatic heterocycles. The van der Waals surface area contributed by atoms with Crippen molar-refractivity contribution in [2.24, 2.45) is 17.6 Å². The van der Waals surface area contributed by atoms with Crippen LogP contribution in [-0.2, 0) is 0 Å². The van der Waals surface area contributed by atoms with E-state index >= 15 is 0 Å². The van der Waals surface area contributed by atoms with Gasteiger partial charge in [0.1, 0.15) is 0 Å². The molecular weight excluding hydrogens is 270 g/mol. The summed E-state index contributed by atoms with van der Waals surface area (Å²) in [6, 6.07) is 0.238. The second-order valence-electron chi connectivity index (χ2n) is 4.55. The first-order valence-corrected chi connectivity index (χ1v) is 7.43. The molecule has 2 N–H and O–H groups in total. The first-order chi connectivity index (χ1) is 7.22. The fourth-order valence-electron chi connectivity index (χ4n) is 2.59. The van der Waals surface area contributed by atoms with E-state index in [4.69, 9.17) is 5.73 Å². The molecule has 3 atom stereocenters. The van der Waals surface area contributed by atoms with Gasteiger partial charge < -0.3 is 5.73 Å². The zero-order chi connectivity index (χ0) is 10.8. The minimum atomic E-state index is 0.238. The van der Waals surface area contributed by atoms with Crippen molar-refractivity contribution in [3.8, 4) is 0 Å². The molecule has 0 saturated heterocycles. The van der Waals surface area contributed by atoms with Gasteiger partial charge in [-0.3, -0.25) is 0 Å². The van der Waals surface area contributed by atoms with Crippen LogP contribution in [0.3, 0.4) is 0 Å². The smallest absolute Gasteiger partial charge is 0.0343 e. The zero-order valence-electron chi connectivity index (χ0n) is 9.08. The summed E-state index contributed by atoms with van der Waals surface area (Å²) in [4.78, 5) is 0. The van der Waals surface area contributed by atoms with Gasteiger partial charge in [-0.05, 0) is 51.6 Å². The maximum Gasteiger partial charge on any atom is 0.0343 e. The molecule has 1 aliphatic carbocycles. The molecule has 1 heterocycles. The summed E-state index contributed by atoms with van der Waals surface area (Å²) >= 11 is 5.31. The van der Waals surface area contributed by atoms with E-state index in [0.29, 0.717) is 5.92 Å². The van der Waals surface area contributed by atoms with Gasteiger partial charge in [-0.25, -0.2) is 0 Å². The van der Waals surface area contributed by atoms with E-state index < -0.39 is 0 Å². The molecule has 15 heavy (non-hydrogen) atoms. The molecule has 1 fully saturated rings. The van der Waals surface area contributed by atoms with E-state index in [1.54, 1.807) is 11.3 Å². The fraction of sp³-hybridized carbons (Fsp3) is 0.667. The van der Waals surface area contributed by atoms with Gasteiger partial charge in [-0.15, -0.1) is 0 Å². The van der Waals surface area contributed by atoms with E-state index in [2.05, 4.69) is 33.6 Å². The lowest BCUT2D eigenvalue weighted by Gasteiger charge is -2.19. The first kappa shape index (κ1) is 11.6. The van der Waals surface area contributed by atoms with Gasteiger partial charge in [0, 0.05) is 15.9 Å². The number of hydrogen-bond acceptors (Lipinski definition) is 2. The quantitative estimate of drug-likeness (QED) is 0.880. The largest absolute Gasteiger partial charge is 0.324 e. The molecule has 3 heteroatoms. The van der Waals surface area contributed by atoms with Crippen molar-refractivity contribution in [2.45, 2.75) is 38.6 Å².